The van der Waals surface area contributed by atoms with E-state index >= 15 is 0 Å². The highest BCUT2D eigenvalue weighted by Gasteiger charge is 2.60. The van der Waals surface area contributed by atoms with Gasteiger partial charge in [0.1, 0.15) is 0 Å². The molecule has 0 radical (unpaired) electrons. The maximum Gasteiger partial charge on any atom is 0.349 e. The van der Waals surface area contributed by atoms with Crippen molar-refractivity contribution in [2.75, 3.05) is 0 Å². The minimum Gasteiger partial charge on any atom is -0.391 e. The predicted octanol–water partition coefficient (Wildman–Crippen LogP) is 6.19. The fourth-order valence-electron chi connectivity index (χ4n) is 3.66. The molecule has 1 aliphatic rings. The molecule has 0 aliphatic heterocycles. The van der Waals surface area contributed by atoms with Crippen molar-refractivity contribution in [3.63, 3.8) is 0 Å². The average molecular weight is 315 g/mol. The molecule has 0 amide bonds. The van der Waals surface area contributed by atoms with Crippen LogP contribution >= 0.6 is 0 Å². The van der Waals surface area contributed by atoms with Crippen molar-refractivity contribution in [2.45, 2.75) is 116 Å². The standard InChI is InChI=1S/C18H38O2Si/c1-16(2,3)20-21(17(4,5)6,18(7,8)9)19-15-13-11-10-12-14-15/h15H,10-14H2,1-9H3. The number of rotatable bonds is 3. The summed E-state index contributed by atoms with van der Waals surface area (Å²) in [5.41, 5.74) is -0.165. The van der Waals surface area contributed by atoms with E-state index in [1.807, 2.05) is 0 Å². The Morgan fingerprint density at radius 3 is 1.48 bits per heavy atom. The van der Waals surface area contributed by atoms with Crippen molar-refractivity contribution in [1.82, 2.24) is 0 Å². The number of hydrogen-bond acceptors (Lipinski definition) is 2. The molecule has 1 aliphatic carbocycles. The second-order valence-corrected chi connectivity index (χ2v) is 14.4. The van der Waals surface area contributed by atoms with Crippen molar-refractivity contribution < 1.29 is 8.85 Å². The molecule has 0 aromatic heterocycles. The molecule has 0 bridgehead atoms. The molecule has 3 heteroatoms. The normalized spacial score (nSPS) is 19.9. The number of hydrogen-bond donors (Lipinski definition) is 0. The summed E-state index contributed by atoms with van der Waals surface area (Å²) in [6.07, 6.45) is 6.77. The van der Waals surface area contributed by atoms with Crippen LogP contribution < -0.4 is 0 Å². The lowest BCUT2D eigenvalue weighted by Crippen LogP contribution is -2.61. The highest BCUT2D eigenvalue weighted by Crippen LogP contribution is 2.54. The third-order valence-electron chi connectivity index (χ3n) is 4.31. The Balaban J connectivity index is 3.17. The van der Waals surface area contributed by atoms with Crippen LogP contribution in [0.3, 0.4) is 0 Å². The molecule has 0 saturated heterocycles. The highest BCUT2D eigenvalue weighted by atomic mass is 28.4. The molecule has 1 fully saturated rings. The van der Waals surface area contributed by atoms with E-state index in [9.17, 15) is 0 Å². The van der Waals surface area contributed by atoms with E-state index in [0.717, 1.165) is 0 Å². The average Bonchev–Trinajstić information content (AvgIpc) is 2.24. The van der Waals surface area contributed by atoms with E-state index in [4.69, 9.17) is 8.85 Å². The third kappa shape index (κ3) is 4.80. The fraction of sp³-hybridized carbons (Fsp3) is 1.00. The minimum absolute atomic E-state index is 0.0516. The Morgan fingerprint density at radius 1 is 0.714 bits per heavy atom. The second kappa shape index (κ2) is 6.33. The SMILES string of the molecule is CC(C)(C)O[Si](OC1CCCCC1)(C(C)(C)C)C(C)(C)C. The van der Waals surface area contributed by atoms with Crippen LogP contribution in [0.15, 0.2) is 0 Å². The molecule has 2 nitrogen and oxygen atoms in total. The Bertz CT molecular complexity index is 311. The van der Waals surface area contributed by atoms with Gasteiger partial charge in [-0.1, -0.05) is 60.8 Å². The van der Waals surface area contributed by atoms with Gasteiger partial charge < -0.3 is 8.85 Å². The van der Waals surface area contributed by atoms with E-state index in [1.54, 1.807) is 0 Å². The molecule has 0 heterocycles. The van der Waals surface area contributed by atoms with Crippen LogP contribution in [0.25, 0.3) is 0 Å². The smallest absolute Gasteiger partial charge is 0.349 e. The van der Waals surface area contributed by atoms with E-state index in [0.29, 0.717) is 6.10 Å². The van der Waals surface area contributed by atoms with Gasteiger partial charge >= 0.3 is 8.56 Å². The molecule has 0 aromatic rings. The first-order valence-corrected chi connectivity index (χ1v) is 10.5. The lowest BCUT2D eigenvalue weighted by atomic mass is 9.98. The van der Waals surface area contributed by atoms with E-state index in [2.05, 4.69) is 62.3 Å². The van der Waals surface area contributed by atoms with E-state index in [1.165, 1.54) is 32.1 Å². The van der Waals surface area contributed by atoms with Gasteiger partial charge in [-0.25, -0.2) is 0 Å². The summed E-state index contributed by atoms with van der Waals surface area (Å²) >= 11 is 0. The van der Waals surface area contributed by atoms with Crippen molar-refractivity contribution in [2.24, 2.45) is 0 Å². The van der Waals surface area contributed by atoms with Crippen molar-refractivity contribution in [1.29, 1.82) is 0 Å². The Hall–Kier alpha value is 0.137. The molecular formula is C18H38O2Si. The lowest BCUT2D eigenvalue weighted by molar-refractivity contribution is 0.00548. The van der Waals surface area contributed by atoms with Crippen LogP contribution in [0.4, 0.5) is 0 Å². The molecule has 0 N–H and O–H groups in total. The molecule has 21 heavy (non-hydrogen) atoms. The van der Waals surface area contributed by atoms with Crippen molar-refractivity contribution in [3.05, 3.63) is 0 Å². The quantitative estimate of drug-likeness (QED) is 0.578. The van der Waals surface area contributed by atoms with Gasteiger partial charge in [-0.05, 0) is 33.6 Å². The Kier molecular flexibility index (Phi) is 5.78. The molecule has 0 atom stereocenters. The van der Waals surface area contributed by atoms with E-state index in [-0.39, 0.29) is 15.7 Å². The summed E-state index contributed by atoms with van der Waals surface area (Å²) < 4.78 is 13.7. The van der Waals surface area contributed by atoms with E-state index < -0.39 is 8.56 Å². The zero-order valence-corrected chi connectivity index (χ0v) is 16.9. The molecule has 0 spiro atoms. The van der Waals surface area contributed by atoms with Gasteiger partial charge in [0.2, 0.25) is 0 Å². The first-order chi connectivity index (χ1) is 9.29. The maximum atomic E-state index is 6.90. The van der Waals surface area contributed by atoms with Gasteiger partial charge in [0.25, 0.3) is 0 Å². The summed E-state index contributed by atoms with van der Waals surface area (Å²) in [6, 6.07) is 0. The molecule has 126 valence electrons. The van der Waals surface area contributed by atoms with Crippen molar-refractivity contribution >= 4 is 8.56 Å². The van der Waals surface area contributed by atoms with Crippen LogP contribution in [0.5, 0.6) is 0 Å². The first-order valence-electron chi connectivity index (χ1n) is 8.66. The fourth-order valence-corrected chi connectivity index (χ4v) is 8.84. The molecule has 1 rings (SSSR count). The van der Waals surface area contributed by atoms with Crippen LogP contribution in [-0.2, 0) is 8.85 Å². The molecule has 0 aromatic carbocycles. The zero-order valence-electron chi connectivity index (χ0n) is 15.9. The maximum absolute atomic E-state index is 6.90. The summed E-state index contributed by atoms with van der Waals surface area (Å²) in [5, 5.41) is 0.103. The zero-order chi connectivity index (χ0) is 16.5. The minimum atomic E-state index is -2.42. The van der Waals surface area contributed by atoms with Gasteiger partial charge in [0.15, 0.2) is 0 Å². The summed E-state index contributed by atoms with van der Waals surface area (Å²) in [4.78, 5) is 0. The topological polar surface area (TPSA) is 18.5 Å². The van der Waals surface area contributed by atoms with Crippen LogP contribution in [0.1, 0.15) is 94.4 Å². The lowest BCUT2D eigenvalue weighted by Gasteiger charge is -2.53. The van der Waals surface area contributed by atoms with Gasteiger partial charge in [-0.2, -0.15) is 0 Å². The molecule has 1 saturated carbocycles. The van der Waals surface area contributed by atoms with Gasteiger partial charge in [0, 0.05) is 16.2 Å². The summed E-state index contributed by atoms with van der Waals surface area (Å²) in [7, 11) is -2.42. The highest BCUT2D eigenvalue weighted by molar-refractivity contribution is 6.73. The summed E-state index contributed by atoms with van der Waals surface area (Å²) in [5.74, 6) is 0. The summed E-state index contributed by atoms with van der Waals surface area (Å²) in [6.45, 7) is 20.3. The molecular weight excluding hydrogens is 276 g/mol. The largest absolute Gasteiger partial charge is 0.391 e. The monoisotopic (exact) mass is 314 g/mol. The van der Waals surface area contributed by atoms with Crippen molar-refractivity contribution in [3.8, 4) is 0 Å². The Morgan fingerprint density at radius 2 is 1.14 bits per heavy atom. The first kappa shape index (κ1) is 19.2. The van der Waals surface area contributed by atoms with Gasteiger partial charge in [0.05, 0.1) is 5.60 Å². The predicted molar refractivity (Wildman–Crippen MR) is 94.0 cm³/mol. The third-order valence-corrected chi connectivity index (χ3v) is 9.82. The molecule has 0 unspecified atom stereocenters. The second-order valence-electron chi connectivity index (χ2n) is 9.71. The van der Waals surface area contributed by atoms with Crippen LogP contribution in [0.2, 0.25) is 10.1 Å². The van der Waals surface area contributed by atoms with Gasteiger partial charge in [-0.15, -0.1) is 0 Å². The van der Waals surface area contributed by atoms with Crippen LogP contribution in [0, 0.1) is 0 Å². The van der Waals surface area contributed by atoms with Gasteiger partial charge in [-0.3, -0.25) is 0 Å². The van der Waals surface area contributed by atoms with Crippen LogP contribution in [-0.4, -0.2) is 20.3 Å². The Labute approximate surface area is 134 Å².